The molecular weight excluding hydrogens is 260 g/mol. The molecule has 0 fully saturated rings. The molecule has 0 spiro atoms. The number of benzene rings is 2. The van der Waals surface area contributed by atoms with Crippen molar-refractivity contribution in [3.8, 4) is 0 Å². The number of aryl methyl sites for hydroxylation is 1. The van der Waals surface area contributed by atoms with E-state index >= 15 is 0 Å². The molecule has 0 saturated heterocycles. The summed E-state index contributed by atoms with van der Waals surface area (Å²) in [5.41, 5.74) is 3.46. The summed E-state index contributed by atoms with van der Waals surface area (Å²) in [5, 5.41) is 6.68. The lowest BCUT2D eigenvalue weighted by Crippen LogP contribution is -2.38. The third kappa shape index (κ3) is 2.17. The highest BCUT2D eigenvalue weighted by molar-refractivity contribution is 6.34. The molecule has 0 aromatic heterocycles. The van der Waals surface area contributed by atoms with E-state index in [1.54, 1.807) is 6.07 Å². The monoisotopic (exact) mass is 272 g/mol. The highest BCUT2D eigenvalue weighted by atomic mass is 35.5. The van der Waals surface area contributed by atoms with E-state index in [9.17, 15) is 4.79 Å². The van der Waals surface area contributed by atoms with E-state index in [1.807, 2.05) is 43.3 Å². The van der Waals surface area contributed by atoms with Gasteiger partial charge in [0.15, 0.2) is 0 Å². The molecule has 1 aliphatic heterocycles. The van der Waals surface area contributed by atoms with Gasteiger partial charge in [-0.1, -0.05) is 47.5 Å². The predicted molar refractivity (Wildman–Crippen MR) is 76.5 cm³/mol. The first kappa shape index (κ1) is 12.1. The van der Waals surface area contributed by atoms with Gasteiger partial charge in [0, 0.05) is 0 Å². The quantitative estimate of drug-likeness (QED) is 0.834. The number of hydrogen-bond donors (Lipinski definition) is 2. The Labute approximate surface area is 116 Å². The highest BCUT2D eigenvalue weighted by Crippen LogP contribution is 2.31. The van der Waals surface area contributed by atoms with Crippen molar-refractivity contribution in [3.63, 3.8) is 0 Å². The summed E-state index contributed by atoms with van der Waals surface area (Å²) in [6, 6.07) is 13.5. The molecule has 0 aliphatic carbocycles. The van der Waals surface area contributed by atoms with Crippen LogP contribution in [-0.4, -0.2) is 5.91 Å². The summed E-state index contributed by atoms with van der Waals surface area (Å²) in [6.07, 6.45) is -0.224. The van der Waals surface area contributed by atoms with Crippen molar-refractivity contribution in [3.05, 3.63) is 64.2 Å². The van der Waals surface area contributed by atoms with Crippen molar-refractivity contribution in [1.29, 1.82) is 0 Å². The molecule has 0 radical (unpaired) electrons. The van der Waals surface area contributed by atoms with Gasteiger partial charge in [0.25, 0.3) is 5.91 Å². The average molecular weight is 273 g/mol. The largest absolute Gasteiger partial charge is 0.361 e. The molecule has 0 bridgehead atoms. The van der Waals surface area contributed by atoms with Crippen LogP contribution in [-0.2, 0) is 0 Å². The Morgan fingerprint density at radius 1 is 1.11 bits per heavy atom. The van der Waals surface area contributed by atoms with Gasteiger partial charge < -0.3 is 10.6 Å². The molecule has 3 rings (SSSR count). The van der Waals surface area contributed by atoms with Gasteiger partial charge in [-0.2, -0.15) is 0 Å². The molecule has 4 heteroatoms. The Morgan fingerprint density at radius 3 is 2.68 bits per heavy atom. The van der Waals surface area contributed by atoms with Crippen LogP contribution in [0.25, 0.3) is 0 Å². The maximum absolute atomic E-state index is 12.1. The molecule has 2 aromatic rings. The first-order chi connectivity index (χ1) is 9.15. The Balaban J connectivity index is 2.00. The minimum absolute atomic E-state index is 0.147. The number of fused-ring (bicyclic) bond motifs is 1. The van der Waals surface area contributed by atoms with Crippen LogP contribution in [0.5, 0.6) is 0 Å². The molecule has 2 N–H and O–H groups in total. The SMILES string of the molecule is Cc1cccc([C@@H]2NC(=O)c3c(Cl)cccc3N2)c1. The first-order valence-electron chi connectivity index (χ1n) is 6.07. The zero-order valence-corrected chi connectivity index (χ0v) is 11.2. The fourth-order valence-corrected chi connectivity index (χ4v) is 2.55. The Morgan fingerprint density at radius 2 is 1.89 bits per heavy atom. The van der Waals surface area contributed by atoms with Crippen LogP contribution in [0.2, 0.25) is 5.02 Å². The van der Waals surface area contributed by atoms with E-state index in [2.05, 4.69) is 10.6 Å². The minimum atomic E-state index is -0.224. The fourth-order valence-electron chi connectivity index (χ4n) is 2.29. The number of amides is 1. The zero-order chi connectivity index (χ0) is 13.4. The van der Waals surface area contributed by atoms with E-state index in [1.165, 1.54) is 0 Å². The normalized spacial score (nSPS) is 17.4. The minimum Gasteiger partial charge on any atom is -0.361 e. The standard InChI is InChI=1S/C15H13ClN2O/c1-9-4-2-5-10(8-9)14-17-12-7-3-6-11(16)13(12)15(19)18-14/h2-8,14,17H,1H3,(H,18,19)/t14-/m0/s1. The number of carbonyl (C=O) groups is 1. The van der Waals surface area contributed by atoms with Gasteiger partial charge in [0.1, 0.15) is 6.17 Å². The van der Waals surface area contributed by atoms with Gasteiger partial charge in [-0.15, -0.1) is 0 Å². The Bertz CT molecular complexity index is 654. The van der Waals surface area contributed by atoms with Gasteiger partial charge in [0.05, 0.1) is 16.3 Å². The Hall–Kier alpha value is -2.00. The van der Waals surface area contributed by atoms with E-state index in [-0.39, 0.29) is 12.1 Å². The van der Waals surface area contributed by atoms with E-state index in [4.69, 9.17) is 11.6 Å². The van der Waals surface area contributed by atoms with Crippen LogP contribution in [0.15, 0.2) is 42.5 Å². The fraction of sp³-hybridized carbons (Fsp3) is 0.133. The Kier molecular flexibility index (Phi) is 2.91. The van der Waals surface area contributed by atoms with Gasteiger partial charge in [-0.3, -0.25) is 4.79 Å². The van der Waals surface area contributed by atoms with Crippen LogP contribution in [0.4, 0.5) is 5.69 Å². The average Bonchev–Trinajstić information content (AvgIpc) is 2.38. The van der Waals surface area contributed by atoms with Crippen molar-refractivity contribution < 1.29 is 4.79 Å². The van der Waals surface area contributed by atoms with Crippen molar-refractivity contribution in [2.75, 3.05) is 5.32 Å². The number of nitrogens with one attached hydrogen (secondary N) is 2. The van der Waals surface area contributed by atoms with Gasteiger partial charge in [-0.05, 0) is 24.6 Å². The summed E-state index contributed by atoms with van der Waals surface area (Å²) < 4.78 is 0. The number of carbonyl (C=O) groups excluding carboxylic acids is 1. The second-order valence-corrected chi connectivity index (χ2v) is 5.03. The van der Waals surface area contributed by atoms with Gasteiger partial charge in [-0.25, -0.2) is 0 Å². The summed E-state index contributed by atoms with van der Waals surface area (Å²) in [7, 11) is 0. The summed E-state index contributed by atoms with van der Waals surface area (Å²) >= 11 is 6.06. The number of halogens is 1. The van der Waals surface area contributed by atoms with Gasteiger partial charge >= 0.3 is 0 Å². The van der Waals surface area contributed by atoms with Crippen LogP contribution in [0, 0.1) is 6.92 Å². The summed E-state index contributed by atoms with van der Waals surface area (Å²) in [4.78, 5) is 12.1. The van der Waals surface area contributed by atoms with E-state index in [0.29, 0.717) is 10.6 Å². The lowest BCUT2D eigenvalue weighted by molar-refractivity contribution is 0.0936. The lowest BCUT2D eigenvalue weighted by atomic mass is 10.0. The predicted octanol–water partition coefficient (Wildman–Crippen LogP) is 3.50. The van der Waals surface area contributed by atoms with Crippen LogP contribution < -0.4 is 10.6 Å². The smallest absolute Gasteiger partial charge is 0.256 e. The third-order valence-corrected chi connectivity index (χ3v) is 3.51. The van der Waals surface area contributed by atoms with Crippen LogP contribution in [0.1, 0.15) is 27.7 Å². The van der Waals surface area contributed by atoms with Crippen LogP contribution >= 0.6 is 11.6 Å². The summed E-state index contributed by atoms with van der Waals surface area (Å²) in [6.45, 7) is 2.03. The number of rotatable bonds is 1. The van der Waals surface area contributed by atoms with E-state index in [0.717, 1.165) is 16.8 Å². The van der Waals surface area contributed by atoms with Gasteiger partial charge in [0.2, 0.25) is 0 Å². The molecule has 1 atom stereocenters. The maximum atomic E-state index is 12.1. The topological polar surface area (TPSA) is 41.1 Å². The molecule has 0 unspecified atom stereocenters. The molecule has 1 heterocycles. The number of anilines is 1. The lowest BCUT2D eigenvalue weighted by Gasteiger charge is -2.28. The molecule has 1 aliphatic rings. The number of hydrogen-bond acceptors (Lipinski definition) is 2. The third-order valence-electron chi connectivity index (χ3n) is 3.19. The molecule has 3 nitrogen and oxygen atoms in total. The van der Waals surface area contributed by atoms with Crippen molar-refractivity contribution in [1.82, 2.24) is 5.32 Å². The molecule has 1 amide bonds. The van der Waals surface area contributed by atoms with Crippen molar-refractivity contribution in [2.24, 2.45) is 0 Å². The molecule has 19 heavy (non-hydrogen) atoms. The molecule has 96 valence electrons. The highest BCUT2D eigenvalue weighted by Gasteiger charge is 2.26. The first-order valence-corrected chi connectivity index (χ1v) is 6.45. The van der Waals surface area contributed by atoms with Crippen LogP contribution in [0.3, 0.4) is 0 Å². The molecular formula is C15H13ClN2O. The van der Waals surface area contributed by atoms with E-state index < -0.39 is 0 Å². The molecule has 2 aromatic carbocycles. The second-order valence-electron chi connectivity index (χ2n) is 4.63. The second kappa shape index (κ2) is 4.59. The molecule has 0 saturated carbocycles. The van der Waals surface area contributed by atoms with Crippen molar-refractivity contribution >= 4 is 23.2 Å². The maximum Gasteiger partial charge on any atom is 0.256 e. The zero-order valence-electron chi connectivity index (χ0n) is 10.4. The summed E-state index contributed by atoms with van der Waals surface area (Å²) in [5.74, 6) is -0.147. The van der Waals surface area contributed by atoms with Crippen molar-refractivity contribution in [2.45, 2.75) is 13.1 Å².